The molecule has 0 unspecified atom stereocenters. The molecule has 2 rings (SSSR count). The van der Waals surface area contributed by atoms with Crippen molar-refractivity contribution in [3.63, 3.8) is 0 Å². The molecule has 0 aliphatic rings. The van der Waals surface area contributed by atoms with Crippen LogP contribution >= 0.6 is 11.6 Å². The van der Waals surface area contributed by atoms with Crippen molar-refractivity contribution < 1.29 is 9.53 Å². The Bertz CT molecular complexity index is 642. The maximum absolute atomic E-state index is 12.0. The Kier molecular flexibility index (Phi) is 5.67. The number of anilines is 2. The van der Waals surface area contributed by atoms with Crippen LogP contribution in [0.2, 0.25) is 5.02 Å². The van der Waals surface area contributed by atoms with Gasteiger partial charge in [0.05, 0.1) is 13.2 Å². The Balaban J connectivity index is 1.88. The summed E-state index contributed by atoms with van der Waals surface area (Å²) in [4.78, 5) is 12.0. The van der Waals surface area contributed by atoms with Crippen molar-refractivity contribution in [3.8, 4) is 5.75 Å². The molecule has 2 aromatic rings. The van der Waals surface area contributed by atoms with E-state index in [1.54, 1.807) is 6.07 Å². The molecule has 0 heterocycles. The first-order valence-corrected chi connectivity index (χ1v) is 7.49. The van der Waals surface area contributed by atoms with Crippen LogP contribution in [0.1, 0.15) is 12.5 Å². The lowest BCUT2D eigenvalue weighted by Crippen LogP contribution is -2.22. The van der Waals surface area contributed by atoms with E-state index in [9.17, 15) is 4.79 Å². The molecule has 116 valence electrons. The van der Waals surface area contributed by atoms with Gasteiger partial charge in [-0.25, -0.2) is 0 Å². The van der Waals surface area contributed by atoms with Crippen LogP contribution in [-0.4, -0.2) is 19.1 Å². The van der Waals surface area contributed by atoms with Crippen LogP contribution in [0.25, 0.3) is 0 Å². The first kappa shape index (κ1) is 16.2. The van der Waals surface area contributed by atoms with Gasteiger partial charge in [-0.05, 0) is 55.8 Å². The molecule has 0 saturated heterocycles. The summed E-state index contributed by atoms with van der Waals surface area (Å²) < 4.78 is 5.36. The molecule has 0 aromatic heterocycles. The van der Waals surface area contributed by atoms with Gasteiger partial charge >= 0.3 is 0 Å². The molecule has 1 amide bonds. The summed E-state index contributed by atoms with van der Waals surface area (Å²) in [5, 5.41) is 6.55. The number of amides is 1. The topological polar surface area (TPSA) is 50.4 Å². The molecule has 0 spiro atoms. The predicted octanol–water partition coefficient (Wildman–Crippen LogP) is 4.10. The zero-order chi connectivity index (χ0) is 15.9. The zero-order valence-corrected chi connectivity index (χ0v) is 13.4. The summed E-state index contributed by atoms with van der Waals surface area (Å²) >= 11 is 5.95. The molecular weight excluding hydrogens is 300 g/mol. The van der Waals surface area contributed by atoms with Crippen LogP contribution in [0.15, 0.2) is 42.5 Å². The highest BCUT2D eigenvalue weighted by Crippen LogP contribution is 2.20. The first-order chi connectivity index (χ1) is 10.6. The number of aryl methyl sites for hydroxylation is 1. The number of halogens is 1. The number of ether oxygens (including phenoxy) is 1. The summed E-state index contributed by atoms with van der Waals surface area (Å²) in [7, 11) is 0. The summed E-state index contributed by atoms with van der Waals surface area (Å²) in [5.41, 5.74) is 2.63. The van der Waals surface area contributed by atoms with Gasteiger partial charge in [0.25, 0.3) is 0 Å². The predicted molar refractivity (Wildman–Crippen MR) is 90.9 cm³/mol. The van der Waals surface area contributed by atoms with E-state index in [1.807, 2.05) is 50.2 Å². The highest BCUT2D eigenvalue weighted by atomic mass is 35.5. The highest BCUT2D eigenvalue weighted by molar-refractivity contribution is 6.30. The normalized spacial score (nSPS) is 10.1. The Morgan fingerprint density at radius 3 is 2.59 bits per heavy atom. The van der Waals surface area contributed by atoms with Crippen LogP contribution in [0.5, 0.6) is 5.75 Å². The fourth-order valence-electron chi connectivity index (χ4n) is 1.97. The summed E-state index contributed by atoms with van der Waals surface area (Å²) in [5.74, 6) is 0.664. The molecular formula is C17H19ClN2O2. The minimum Gasteiger partial charge on any atom is -0.494 e. The lowest BCUT2D eigenvalue weighted by Gasteiger charge is -2.11. The second kappa shape index (κ2) is 7.71. The fourth-order valence-corrected chi connectivity index (χ4v) is 2.14. The van der Waals surface area contributed by atoms with Gasteiger partial charge < -0.3 is 15.4 Å². The van der Waals surface area contributed by atoms with Gasteiger partial charge in [-0.1, -0.05) is 17.7 Å². The van der Waals surface area contributed by atoms with Crippen molar-refractivity contribution in [2.75, 3.05) is 23.8 Å². The van der Waals surface area contributed by atoms with Gasteiger partial charge in [-0.2, -0.15) is 0 Å². The highest BCUT2D eigenvalue weighted by Gasteiger charge is 2.05. The molecule has 0 fully saturated rings. The fraction of sp³-hybridized carbons (Fsp3) is 0.235. The van der Waals surface area contributed by atoms with Crippen molar-refractivity contribution in [2.24, 2.45) is 0 Å². The van der Waals surface area contributed by atoms with Gasteiger partial charge in [0.1, 0.15) is 5.75 Å². The molecule has 0 bridgehead atoms. The van der Waals surface area contributed by atoms with E-state index in [0.717, 1.165) is 22.7 Å². The van der Waals surface area contributed by atoms with Gasteiger partial charge in [-0.15, -0.1) is 0 Å². The molecule has 22 heavy (non-hydrogen) atoms. The van der Waals surface area contributed by atoms with Crippen molar-refractivity contribution in [1.29, 1.82) is 0 Å². The van der Waals surface area contributed by atoms with Crippen LogP contribution in [0, 0.1) is 6.92 Å². The average molecular weight is 319 g/mol. The molecule has 2 N–H and O–H groups in total. The Morgan fingerprint density at radius 2 is 1.91 bits per heavy atom. The zero-order valence-electron chi connectivity index (χ0n) is 12.7. The van der Waals surface area contributed by atoms with Crippen molar-refractivity contribution in [2.45, 2.75) is 13.8 Å². The quantitative estimate of drug-likeness (QED) is 0.843. The van der Waals surface area contributed by atoms with Gasteiger partial charge in [0.2, 0.25) is 5.91 Å². The second-order valence-corrected chi connectivity index (χ2v) is 5.25. The van der Waals surface area contributed by atoms with Crippen LogP contribution in [-0.2, 0) is 4.79 Å². The average Bonchev–Trinajstić information content (AvgIpc) is 2.50. The SMILES string of the molecule is CCOc1ccc(NC(=O)CNc2cc(Cl)ccc2C)cc1. The van der Waals surface area contributed by atoms with E-state index in [0.29, 0.717) is 11.6 Å². The molecule has 5 heteroatoms. The number of nitrogens with one attached hydrogen (secondary N) is 2. The summed E-state index contributed by atoms with van der Waals surface area (Å²) in [6, 6.07) is 12.8. The largest absolute Gasteiger partial charge is 0.494 e. The number of hydrogen-bond acceptors (Lipinski definition) is 3. The monoisotopic (exact) mass is 318 g/mol. The van der Waals surface area contributed by atoms with Crippen LogP contribution < -0.4 is 15.4 Å². The Labute approximate surface area is 135 Å². The Hall–Kier alpha value is -2.20. The van der Waals surface area contributed by atoms with E-state index in [2.05, 4.69) is 10.6 Å². The third-order valence-electron chi connectivity index (χ3n) is 3.09. The number of carbonyl (C=O) groups excluding carboxylic acids is 1. The Morgan fingerprint density at radius 1 is 1.18 bits per heavy atom. The van der Waals surface area contributed by atoms with Crippen molar-refractivity contribution in [1.82, 2.24) is 0 Å². The molecule has 0 radical (unpaired) electrons. The van der Waals surface area contributed by atoms with E-state index in [1.165, 1.54) is 0 Å². The number of hydrogen-bond donors (Lipinski definition) is 2. The van der Waals surface area contributed by atoms with E-state index < -0.39 is 0 Å². The maximum Gasteiger partial charge on any atom is 0.243 e. The van der Waals surface area contributed by atoms with Crippen LogP contribution in [0.3, 0.4) is 0 Å². The van der Waals surface area contributed by atoms with Crippen molar-refractivity contribution >= 4 is 28.9 Å². The maximum atomic E-state index is 12.0. The molecule has 4 nitrogen and oxygen atoms in total. The van der Waals surface area contributed by atoms with E-state index in [-0.39, 0.29) is 12.5 Å². The molecule has 0 saturated carbocycles. The standard InChI is InChI=1S/C17H19ClN2O2/c1-3-22-15-8-6-14(7-9-15)20-17(21)11-19-16-10-13(18)5-4-12(16)2/h4-10,19H,3,11H2,1-2H3,(H,20,21). The van der Waals surface area contributed by atoms with Crippen LogP contribution in [0.4, 0.5) is 11.4 Å². The van der Waals surface area contributed by atoms with Gasteiger partial charge in [-0.3, -0.25) is 4.79 Å². The first-order valence-electron chi connectivity index (χ1n) is 7.11. The number of rotatable bonds is 6. The summed E-state index contributed by atoms with van der Waals surface area (Å²) in [6.45, 7) is 4.69. The lowest BCUT2D eigenvalue weighted by molar-refractivity contribution is -0.114. The van der Waals surface area contributed by atoms with Crippen molar-refractivity contribution in [3.05, 3.63) is 53.1 Å². The van der Waals surface area contributed by atoms with Gasteiger partial charge in [0, 0.05) is 16.4 Å². The lowest BCUT2D eigenvalue weighted by atomic mass is 10.2. The molecule has 0 aliphatic heterocycles. The number of carbonyl (C=O) groups is 1. The third kappa shape index (κ3) is 4.67. The van der Waals surface area contributed by atoms with Gasteiger partial charge in [0.15, 0.2) is 0 Å². The molecule has 2 aromatic carbocycles. The number of benzene rings is 2. The smallest absolute Gasteiger partial charge is 0.243 e. The minimum atomic E-state index is -0.122. The van der Waals surface area contributed by atoms with E-state index >= 15 is 0 Å². The third-order valence-corrected chi connectivity index (χ3v) is 3.32. The second-order valence-electron chi connectivity index (χ2n) is 4.82. The molecule has 0 aliphatic carbocycles. The minimum absolute atomic E-state index is 0.122. The molecule has 0 atom stereocenters. The summed E-state index contributed by atoms with van der Waals surface area (Å²) in [6.07, 6.45) is 0. The van der Waals surface area contributed by atoms with E-state index in [4.69, 9.17) is 16.3 Å².